The lowest BCUT2D eigenvalue weighted by Gasteiger charge is -2.26. The number of hydrogen-bond acceptors (Lipinski definition) is 5. The van der Waals surface area contributed by atoms with E-state index in [0.717, 1.165) is 12.8 Å². The molecule has 0 unspecified atom stereocenters. The summed E-state index contributed by atoms with van der Waals surface area (Å²) in [6, 6.07) is 1.38. The van der Waals surface area contributed by atoms with Gasteiger partial charge < -0.3 is 19.7 Å². The molecule has 0 aromatic carbocycles. The maximum Gasteiger partial charge on any atom is 0.342 e. The molecular weight excluding hydrogens is 344 g/mol. The molecule has 3 N–H and O–H groups in total. The number of rotatable bonds is 9. The van der Waals surface area contributed by atoms with Gasteiger partial charge in [-0.2, -0.15) is 0 Å². The Bertz CT molecular complexity index is 690. The lowest BCUT2D eigenvalue weighted by atomic mass is 9.84. The van der Waals surface area contributed by atoms with Crippen LogP contribution in [0, 0.1) is 24.7 Å². The Morgan fingerprint density at radius 1 is 1.22 bits per heavy atom. The van der Waals surface area contributed by atoms with Crippen LogP contribution in [0.5, 0.6) is 5.75 Å². The Morgan fingerprint density at radius 2 is 1.81 bits per heavy atom. The van der Waals surface area contributed by atoms with Gasteiger partial charge in [0.25, 0.3) is 0 Å². The molecule has 0 bridgehead atoms. The lowest BCUT2D eigenvalue weighted by Crippen LogP contribution is -2.27. The van der Waals surface area contributed by atoms with E-state index < -0.39 is 23.8 Å². The molecule has 0 aliphatic heterocycles. The second kappa shape index (κ2) is 10.1. The summed E-state index contributed by atoms with van der Waals surface area (Å²) in [6.07, 6.45) is 2.56. The first-order valence-electron chi connectivity index (χ1n) is 9.87. The minimum absolute atomic E-state index is 0.107. The predicted molar refractivity (Wildman–Crippen MR) is 108 cm³/mol. The largest absolute Gasteiger partial charge is 0.507 e. The Kier molecular flexibility index (Phi) is 8.76. The summed E-state index contributed by atoms with van der Waals surface area (Å²) in [5.74, 6) is 0.230. The van der Waals surface area contributed by atoms with Crippen LogP contribution >= 0.6 is 0 Å². The van der Waals surface area contributed by atoms with E-state index >= 15 is 0 Å². The lowest BCUT2D eigenvalue weighted by molar-refractivity contribution is 0.0703. The van der Waals surface area contributed by atoms with Crippen LogP contribution < -0.4 is 5.63 Å². The third kappa shape index (κ3) is 6.22. The van der Waals surface area contributed by atoms with Gasteiger partial charge in [-0.15, -0.1) is 0 Å². The molecule has 5 heteroatoms. The highest BCUT2D eigenvalue weighted by molar-refractivity contribution is 5.30. The van der Waals surface area contributed by atoms with Gasteiger partial charge in [-0.3, -0.25) is 0 Å². The van der Waals surface area contributed by atoms with Crippen LogP contribution in [0.3, 0.4) is 0 Å². The van der Waals surface area contributed by atoms with Crippen molar-refractivity contribution < 1.29 is 19.7 Å². The Balaban J connectivity index is 2.89. The van der Waals surface area contributed by atoms with Gasteiger partial charge in [0.1, 0.15) is 11.5 Å². The number of aliphatic hydroxyl groups excluding tert-OH is 2. The summed E-state index contributed by atoms with van der Waals surface area (Å²) in [4.78, 5) is 11.8. The summed E-state index contributed by atoms with van der Waals surface area (Å²) < 4.78 is 5.22. The first-order chi connectivity index (χ1) is 12.5. The van der Waals surface area contributed by atoms with Crippen molar-refractivity contribution in [2.45, 2.75) is 79.4 Å². The van der Waals surface area contributed by atoms with Crippen LogP contribution in [-0.4, -0.2) is 27.5 Å². The number of aliphatic hydroxyl groups is 2. The quantitative estimate of drug-likeness (QED) is 0.560. The van der Waals surface area contributed by atoms with E-state index in [2.05, 4.69) is 20.8 Å². The van der Waals surface area contributed by atoms with E-state index in [1.807, 2.05) is 13.0 Å². The highest BCUT2D eigenvalue weighted by Crippen LogP contribution is 2.28. The molecule has 154 valence electrons. The average molecular weight is 381 g/mol. The van der Waals surface area contributed by atoms with E-state index in [-0.39, 0.29) is 28.9 Å². The molecule has 27 heavy (non-hydrogen) atoms. The molecule has 0 amide bonds. The minimum Gasteiger partial charge on any atom is -0.507 e. The molecule has 0 aliphatic carbocycles. The van der Waals surface area contributed by atoms with Crippen LogP contribution in [0.15, 0.2) is 26.9 Å². The SMILES string of the molecule is CC[C@H](C)C[C@H](C)[C@@H](O)[C@@H](C)/C=C(\C)[C@@H](O)[C@@H](C)c1cc(O)c(C)c(=O)o1. The van der Waals surface area contributed by atoms with Gasteiger partial charge in [0.2, 0.25) is 0 Å². The van der Waals surface area contributed by atoms with Crippen molar-refractivity contribution in [3.05, 3.63) is 39.5 Å². The molecule has 0 saturated carbocycles. The van der Waals surface area contributed by atoms with Crippen molar-refractivity contribution in [3.8, 4) is 5.75 Å². The first kappa shape index (κ1) is 23.4. The fourth-order valence-corrected chi connectivity index (χ4v) is 3.41. The second-order valence-electron chi connectivity index (χ2n) is 8.17. The Labute approximate surface area is 162 Å². The molecule has 0 fully saturated rings. The van der Waals surface area contributed by atoms with Gasteiger partial charge in [-0.25, -0.2) is 4.79 Å². The van der Waals surface area contributed by atoms with Crippen LogP contribution in [-0.2, 0) is 0 Å². The predicted octanol–water partition coefficient (Wildman–Crippen LogP) is 4.13. The van der Waals surface area contributed by atoms with Crippen LogP contribution in [0.1, 0.15) is 71.6 Å². The van der Waals surface area contributed by atoms with Crippen molar-refractivity contribution in [1.29, 1.82) is 0 Å². The van der Waals surface area contributed by atoms with E-state index in [1.54, 1.807) is 13.8 Å². The highest BCUT2D eigenvalue weighted by Gasteiger charge is 2.25. The van der Waals surface area contributed by atoms with E-state index in [9.17, 15) is 20.1 Å². The van der Waals surface area contributed by atoms with Crippen molar-refractivity contribution in [1.82, 2.24) is 0 Å². The van der Waals surface area contributed by atoms with E-state index in [4.69, 9.17) is 4.42 Å². The van der Waals surface area contributed by atoms with Gasteiger partial charge in [-0.1, -0.05) is 47.1 Å². The zero-order valence-electron chi connectivity index (χ0n) is 17.7. The highest BCUT2D eigenvalue weighted by atomic mass is 16.4. The molecule has 0 aliphatic rings. The van der Waals surface area contributed by atoms with Crippen LogP contribution in [0.25, 0.3) is 0 Å². The first-order valence-corrected chi connectivity index (χ1v) is 9.87. The van der Waals surface area contributed by atoms with Gasteiger partial charge in [0.05, 0.1) is 17.8 Å². The molecule has 0 saturated heterocycles. The molecule has 0 radical (unpaired) electrons. The van der Waals surface area contributed by atoms with Gasteiger partial charge >= 0.3 is 5.63 Å². The topological polar surface area (TPSA) is 90.9 Å². The Hall–Kier alpha value is -1.59. The standard InChI is InChI=1S/C22H36O5/c1-8-12(2)9-13(3)20(24)14(4)10-15(5)21(25)17(7)19-11-18(23)16(6)22(26)27-19/h10-14,17,20-21,23-25H,8-9H2,1-7H3/b15-10+/t12-,13-,14-,17-,20+,21+/m0/s1. The molecular formula is C22H36O5. The van der Waals surface area contributed by atoms with E-state index in [1.165, 1.54) is 13.0 Å². The zero-order chi connectivity index (χ0) is 20.9. The van der Waals surface area contributed by atoms with Crippen molar-refractivity contribution in [2.24, 2.45) is 17.8 Å². The third-order valence-corrected chi connectivity index (χ3v) is 5.69. The summed E-state index contributed by atoms with van der Waals surface area (Å²) >= 11 is 0. The summed E-state index contributed by atoms with van der Waals surface area (Å²) in [7, 11) is 0. The normalized spacial score (nSPS) is 19.2. The molecule has 1 aromatic heterocycles. The van der Waals surface area contributed by atoms with Gasteiger partial charge in [0.15, 0.2) is 0 Å². The fourth-order valence-electron chi connectivity index (χ4n) is 3.41. The average Bonchev–Trinajstić information content (AvgIpc) is 2.63. The molecule has 1 aromatic rings. The summed E-state index contributed by atoms with van der Waals surface area (Å²) in [6.45, 7) is 13.4. The van der Waals surface area contributed by atoms with Gasteiger partial charge in [-0.05, 0) is 37.7 Å². The molecule has 1 rings (SSSR count). The third-order valence-electron chi connectivity index (χ3n) is 5.69. The smallest absolute Gasteiger partial charge is 0.342 e. The molecule has 6 atom stereocenters. The molecule has 1 heterocycles. The van der Waals surface area contributed by atoms with E-state index in [0.29, 0.717) is 11.5 Å². The summed E-state index contributed by atoms with van der Waals surface area (Å²) in [5, 5.41) is 31.1. The molecule has 0 spiro atoms. The van der Waals surface area contributed by atoms with Crippen LogP contribution in [0.4, 0.5) is 0 Å². The second-order valence-corrected chi connectivity index (χ2v) is 8.17. The van der Waals surface area contributed by atoms with Crippen LogP contribution in [0.2, 0.25) is 0 Å². The maximum absolute atomic E-state index is 11.8. The maximum atomic E-state index is 11.8. The minimum atomic E-state index is -0.880. The van der Waals surface area contributed by atoms with Crippen molar-refractivity contribution in [2.75, 3.05) is 0 Å². The zero-order valence-corrected chi connectivity index (χ0v) is 17.7. The number of aromatic hydroxyl groups is 1. The molecule has 5 nitrogen and oxygen atoms in total. The Morgan fingerprint density at radius 3 is 2.33 bits per heavy atom. The van der Waals surface area contributed by atoms with Gasteiger partial charge in [0, 0.05) is 17.9 Å². The fraction of sp³-hybridized carbons (Fsp3) is 0.682. The summed E-state index contributed by atoms with van der Waals surface area (Å²) in [5.41, 5.74) is 0.251. The van der Waals surface area contributed by atoms with Crippen molar-refractivity contribution in [3.63, 3.8) is 0 Å². The van der Waals surface area contributed by atoms with Crippen molar-refractivity contribution >= 4 is 0 Å². The monoisotopic (exact) mass is 380 g/mol. The number of hydrogen-bond donors (Lipinski definition) is 3.